The molecule has 10 heteroatoms. The average Bonchev–Trinajstić information content (AvgIpc) is 3.26. The number of thiazole rings is 1. The second kappa shape index (κ2) is 9.92. The maximum absolute atomic E-state index is 12.0. The summed E-state index contributed by atoms with van der Waals surface area (Å²) in [4.78, 5) is 40.3. The van der Waals surface area contributed by atoms with Gasteiger partial charge in [-0.25, -0.2) is 9.78 Å². The van der Waals surface area contributed by atoms with Crippen LogP contribution in [0.4, 0.5) is 10.5 Å². The van der Waals surface area contributed by atoms with Crippen LogP contribution < -0.4 is 20.1 Å². The van der Waals surface area contributed by atoms with E-state index in [0.29, 0.717) is 36.1 Å². The topological polar surface area (TPSA) is 116 Å². The Morgan fingerprint density at radius 3 is 2.62 bits per heavy atom. The summed E-state index contributed by atoms with van der Waals surface area (Å²) in [5, 5.41) is 7.18. The number of rotatable bonds is 6. The van der Waals surface area contributed by atoms with Crippen LogP contribution in [0.25, 0.3) is 10.6 Å². The fraction of sp³-hybridized carbons (Fsp3) is 0.182. The summed E-state index contributed by atoms with van der Waals surface area (Å²) in [5.41, 5.74) is 1.94. The lowest BCUT2D eigenvalue weighted by Crippen LogP contribution is -2.37. The van der Waals surface area contributed by atoms with E-state index in [1.807, 2.05) is 30.3 Å². The number of hydrogen-bond donors (Lipinski definition) is 2. The Hall–Kier alpha value is -3.92. The van der Waals surface area contributed by atoms with Crippen LogP contribution >= 0.6 is 11.3 Å². The van der Waals surface area contributed by atoms with Crippen molar-refractivity contribution in [2.24, 2.45) is 0 Å². The molecule has 0 saturated carbocycles. The normalized spacial score (nSPS) is 12.0. The standard InChI is InChI=1S/C22H19N3O6S/c26-19(25-22(28)24-15-6-7-17-18(10-15)30-9-8-29-17)12-31-20(27)11-16-13-32-21(23-16)14-4-2-1-3-5-14/h1-7,10,13H,8-9,11-12H2,(H2,24,25,26,28). The molecule has 3 aromatic rings. The zero-order chi connectivity index (χ0) is 22.3. The van der Waals surface area contributed by atoms with Crippen molar-refractivity contribution in [3.8, 4) is 22.1 Å². The number of aromatic nitrogens is 1. The van der Waals surface area contributed by atoms with Gasteiger partial charge in [-0.2, -0.15) is 0 Å². The van der Waals surface area contributed by atoms with Crippen LogP contribution in [0.5, 0.6) is 11.5 Å². The summed E-state index contributed by atoms with van der Waals surface area (Å²) in [6.07, 6.45) is -0.0694. The molecule has 2 N–H and O–H groups in total. The lowest BCUT2D eigenvalue weighted by Gasteiger charge is -2.19. The van der Waals surface area contributed by atoms with Gasteiger partial charge in [-0.15, -0.1) is 11.3 Å². The Balaban J connectivity index is 1.21. The minimum absolute atomic E-state index is 0.0694. The number of esters is 1. The number of hydrogen-bond acceptors (Lipinski definition) is 8. The highest BCUT2D eigenvalue weighted by Crippen LogP contribution is 2.32. The van der Waals surface area contributed by atoms with Crippen molar-refractivity contribution < 1.29 is 28.6 Å². The first-order chi connectivity index (χ1) is 15.6. The quantitative estimate of drug-likeness (QED) is 0.551. The Kier molecular flexibility index (Phi) is 6.61. The molecule has 0 spiro atoms. The van der Waals surface area contributed by atoms with E-state index in [-0.39, 0.29) is 6.42 Å². The predicted molar refractivity (Wildman–Crippen MR) is 117 cm³/mol. The monoisotopic (exact) mass is 453 g/mol. The SMILES string of the molecule is O=C(COC(=O)Cc1csc(-c2ccccc2)n1)NC(=O)Nc1ccc2c(c1)OCCO2. The van der Waals surface area contributed by atoms with E-state index < -0.39 is 24.5 Å². The minimum atomic E-state index is -0.755. The van der Waals surface area contributed by atoms with Crippen LogP contribution in [0.2, 0.25) is 0 Å². The van der Waals surface area contributed by atoms with Crippen LogP contribution in [0.3, 0.4) is 0 Å². The second-order valence-corrected chi connectivity index (χ2v) is 7.57. The number of nitrogens with zero attached hydrogens (tertiary/aromatic N) is 1. The van der Waals surface area contributed by atoms with E-state index in [2.05, 4.69) is 15.6 Å². The molecule has 9 nitrogen and oxygen atoms in total. The van der Waals surface area contributed by atoms with Crippen molar-refractivity contribution in [1.29, 1.82) is 0 Å². The molecule has 3 amide bonds. The molecule has 0 aliphatic carbocycles. The molecular formula is C22H19N3O6S. The molecule has 0 saturated heterocycles. The Labute approximate surface area is 187 Å². The van der Waals surface area contributed by atoms with E-state index in [1.54, 1.807) is 23.6 Å². The van der Waals surface area contributed by atoms with Gasteiger partial charge in [-0.3, -0.25) is 14.9 Å². The van der Waals surface area contributed by atoms with Gasteiger partial charge in [0.05, 0.1) is 12.1 Å². The van der Waals surface area contributed by atoms with Crippen molar-refractivity contribution in [3.05, 3.63) is 59.6 Å². The van der Waals surface area contributed by atoms with Crippen LogP contribution in [0, 0.1) is 0 Å². The third-order valence-corrected chi connectivity index (χ3v) is 5.26. The number of carbonyl (C=O) groups is 3. The lowest BCUT2D eigenvalue weighted by atomic mass is 10.2. The number of carbonyl (C=O) groups excluding carboxylic acids is 3. The van der Waals surface area contributed by atoms with Gasteiger partial charge >= 0.3 is 12.0 Å². The highest BCUT2D eigenvalue weighted by Gasteiger charge is 2.15. The first-order valence-corrected chi connectivity index (χ1v) is 10.6. The maximum Gasteiger partial charge on any atom is 0.325 e. The number of fused-ring (bicyclic) bond motifs is 1. The van der Waals surface area contributed by atoms with Gasteiger partial charge in [-0.05, 0) is 12.1 Å². The fourth-order valence-electron chi connectivity index (χ4n) is 2.89. The molecule has 0 unspecified atom stereocenters. The summed E-state index contributed by atoms with van der Waals surface area (Å²) in [7, 11) is 0. The molecular weight excluding hydrogens is 434 g/mol. The van der Waals surface area contributed by atoms with Crippen molar-refractivity contribution in [2.75, 3.05) is 25.1 Å². The van der Waals surface area contributed by atoms with Crippen molar-refractivity contribution in [1.82, 2.24) is 10.3 Å². The average molecular weight is 453 g/mol. The zero-order valence-corrected chi connectivity index (χ0v) is 17.6. The number of ether oxygens (including phenoxy) is 3. The molecule has 0 radical (unpaired) electrons. The molecule has 1 aliphatic rings. The van der Waals surface area contributed by atoms with Crippen molar-refractivity contribution in [2.45, 2.75) is 6.42 Å². The van der Waals surface area contributed by atoms with E-state index >= 15 is 0 Å². The van der Waals surface area contributed by atoms with Gasteiger partial charge in [0.15, 0.2) is 18.1 Å². The maximum atomic E-state index is 12.0. The molecule has 32 heavy (non-hydrogen) atoms. The summed E-state index contributed by atoms with van der Waals surface area (Å²) in [6, 6.07) is 13.7. The third-order valence-electron chi connectivity index (χ3n) is 4.32. The van der Waals surface area contributed by atoms with Crippen LogP contribution in [-0.2, 0) is 20.7 Å². The number of urea groups is 1. The van der Waals surface area contributed by atoms with Crippen LogP contribution in [0.15, 0.2) is 53.9 Å². The van der Waals surface area contributed by atoms with E-state index in [9.17, 15) is 14.4 Å². The summed E-state index contributed by atoms with van der Waals surface area (Å²) in [5.74, 6) is -0.276. The number of benzene rings is 2. The second-order valence-electron chi connectivity index (χ2n) is 6.71. The highest BCUT2D eigenvalue weighted by atomic mass is 32.1. The van der Waals surface area contributed by atoms with Gasteiger partial charge in [0, 0.05) is 22.7 Å². The van der Waals surface area contributed by atoms with E-state index in [1.165, 1.54) is 11.3 Å². The van der Waals surface area contributed by atoms with Crippen LogP contribution in [-0.4, -0.2) is 42.7 Å². The van der Waals surface area contributed by atoms with Gasteiger partial charge in [0.1, 0.15) is 18.2 Å². The molecule has 164 valence electrons. The van der Waals surface area contributed by atoms with Gasteiger partial charge in [0.2, 0.25) is 0 Å². The van der Waals surface area contributed by atoms with Gasteiger partial charge < -0.3 is 19.5 Å². The number of anilines is 1. The van der Waals surface area contributed by atoms with Crippen molar-refractivity contribution >= 4 is 34.9 Å². The highest BCUT2D eigenvalue weighted by molar-refractivity contribution is 7.13. The molecule has 0 fully saturated rings. The summed E-state index contributed by atoms with van der Waals surface area (Å²) >= 11 is 1.42. The Morgan fingerprint density at radius 1 is 1.03 bits per heavy atom. The van der Waals surface area contributed by atoms with E-state index in [0.717, 1.165) is 10.6 Å². The summed E-state index contributed by atoms with van der Waals surface area (Å²) < 4.78 is 15.8. The molecule has 4 rings (SSSR count). The Bertz CT molecular complexity index is 1130. The smallest absolute Gasteiger partial charge is 0.325 e. The first kappa shape index (κ1) is 21.3. The molecule has 1 aliphatic heterocycles. The number of amides is 3. The predicted octanol–water partition coefficient (Wildman–Crippen LogP) is 3.02. The van der Waals surface area contributed by atoms with Crippen molar-refractivity contribution in [3.63, 3.8) is 0 Å². The zero-order valence-electron chi connectivity index (χ0n) is 16.8. The molecule has 2 aromatic carbocycles. The molecule has 0 atom stereocenters. The van der Waals surface area contributed by atoms with Gasteiger partial charge in [-0.1, -0.05) is 30.3 Å². The minimum Gasteiger partial charge on any atom is -0.486 e. The molecule has 1 aromatic heterocycles. The third kappa shape index (κ3) is 5.61. The molecule has 2 heterocycles. The summed E-state index contributed by atoms with van der Waals surface area (Å²) in [6.45, 7) is 0.300. The van der Waals surface area contributed by atoms with E-state index in [4.69, 9.17) is 14.2 Å². The lowest BCUT2D eigenvalue weighted by molar-refractivity contribution is -0.147. The largest absolute Gasteiger partial charge is 0.486 e. The first-order valence-electron chi connectivity index (χ1n) is 9.73. The van der Waals surface area contributed by atoms with Gasteiger partial charge in [0.25, 0.3) is 5.91 Å². The number of imide groups is 1. The van der Waals surface area contributed by atoms with Crippen LogP contribution in [0.1, 0.15) is 5.69 Å². The number of nitrogens with one attached hydrogen (secondary N) is 2. The molecule has 0 bridgehead atoms. The fourth-order valence-corrected chi connectivity index (χ4v) is 3.72. The Morgan fingerprint density at radius 2 is 1.81 bits per heavy atom.